The quantitative estimate of drug-likeness (QED) is 0.0111. The zero-order valence-corrected chi connectivity index (χ0v) is 71.5. The first-order chi connectivity index (χ1) is 58.1. The number of thioether (sulfide) groups is 2. The van der Waals surface area contributed by atoms with Crippen molar-refractivity contribution >= 4 is 152 Å². The van der Waals surface area contributed by atoms with Crippen molar-refractivity contribution in [1.29, 1.82) is 0 Å². The van der Waals surface area contributed by atoms with Crippen molar-refractivity contribution in [3.8, 4) is 5.75 Å². The molecule has 0 spiro atoms. The summed E-state index contributed by atoms with van der Waals surface area (Å²) in [5, 5.41) is 64.7. The van der Waals surface area contributed by atoms with Gasteiger partial charge in [-0.25, -0.2) is 4.98 Å². The summed E-state index contributed by atoms with van der Waals surface area (Å²) in [5.74, 6) is -18.1. The number of nitrogens with zero attached hydrogens (tertiary/aromatic N) is 4. The van der Waals surface area contributed by atoms with Crippen LogP contribution in [0, 0.1) is 5.92 Å². The van der Waals surface area contributed by atoms with Crippen molar-refractivity contribution in [1.82, 2.24) is 79.1 Å². The number of phenols is 1. The molecule has 1 aliphatic rings. The van der Waals surface area contributed by atoms with E-state index in [-0.39, 0.29) is 132 Å². The summed E-state index contributed by atoms with van der Waals surface area (Å²) >= 11 is 2.62. The Hall–Kier alpha value is -11.4. The van der Waals surface area contributed by atoms with Gasteiger partial charge < -0.3 is 135 Å². The number of nitrogens with two attached hydrogens (primary N) is 8. The highest BCUT2D eigenvalue weighted by molar-refractivity contribution is 8.76. The summed E-state index contributed by atoms with van der Waals surface area (Å²) in [5.41, 5.74) is 46.5. The van der Waals surface area contributed by atoms with Gasteiger partial charge in [0.15, 0.2) is 17.9 Å². The van der Waals surface area contributed by atoms with Crippen LogP contribution >= 0.6 is 45.1 Å². The molecule has 1 aliphatic heterocycles. The number of nitrogens with one attached hydrogen (secondary N) is 14. The lowest BCUT2D eigenvalue weighted by molar-refractivity contribution is -0.141. The molecular formula is C74H116N26O18S4. The number of H-pyrrole nitrogens is 1. The van der Waals surface area contributed by atoms with Crippen molar-refractivity contribution in [2.75, 3.05) is 68.3 Å². The number of amides is 14. The number of aromatic hydroxyl groups is 1. The molecular weight excluding hydrogens is 1670 g/mol. The summed E-state index contributed by atoms with van der Waals surface area (Å²) < 4.78 is 0. The van der Waals surface area contributed by atoms with Crippen molar-refractivity contribution in [2.45, 2.75) is 182 Å². The zero-order chi connectivity index (χ0) is 90.4. The molecule has 14 atom stereocenters. The zero-order valence-electron chi connectivity index (χ0n) is 68.2. The van der Waals surface area contributed by atoms with Gasteiger partial charge in [-0.15, -0.1) is 0 Å². The molecule has 44 nitrogen and oxygen atoms in total. The van der Waals surface area contributed by atoms with Gasteiger partial charge in [-0.2, -0.15) is 23.5 Å². The van der Waals surface area contributed by atoms with E-state index in [1.807, 2.05) is 0 Å². The first kappa shape index (κ1) is 103. The molecule has 2 heterocycles. The highest BCUT2D eigenvalue weighted by Gasteiger charge is 2.39. The van der Waals surface area contributed by atoms with E-state index in [4.69, 9.17) is 45.9 Å². The van der Waals surface area contributed by atoms with Crippen LogP contribution in [0.3, 0.4) is 0 Å². The molecule has 0 aliphatic carbocycles. The van der Waals surface area contributed by atoms with Crippen LogP contribution in [0.25, 0.3) is 0 Å². The minimum absolute atomic E-state index is 0.0203. The minimum Gasteiger partial charge on any atom is -0.508 e. The second kappa shape index (κ2) is 55.5. The molecule has 0 saturated carbocycles. The highest BCUT2D eigenvalue weighted by atomic mass is 33.1. The molecule has 48 heteroatoms. The monoisotopic (exact) mass is 1780 g/mol. The molecule has 1 saturated heterocycles. The first-order valence-corrected chi connectivity index (χ1v) is 44.3. The van der Waals surface area contributed by atoms with Crippen LogP contribution in [0.15, 0.2) is 82.1 Å². The number of aromatic nitrogens is 2. The molecule has 2 aromatic carbocycles. The van der Waals surface area contributed by atoms with Crippen LogP contribution in [0.5, 0.6) is 5.75 Å². The van der Waals surface area contributed by atoms with Gasteiger partial charge in [0.05, 0.1) is 31.1 Å². The third kappa shape index (κ3) is 39.0. The smallest absolute Gasteiger partial charge is 0.305 e. The van der Waals surface area contributed by atoms with E-state index in [1.54, 1.807) is 49.8 Å². The Bertz CT molecular complexity index is 4040. The maximum atomic E-state index is 15.1. The number of aliphatic carboxylic acids is 1. The Kier molecular flexibility index (Phi) is 46.9. The van der Waals surface area contributed by atoms with E-state index >= 15 is 9.59 Å². The van der Waals surface area contributed by atoms with Gasteiger partial charge in [0.1, 0.15) is 78.3 Å². The number of guanidine groups is 3. The summed E-state index contributed by atoms with van der Waals surface area (Å²) in [6, 6.07) is -7.11. The molecule has 3 aromatic rings. The fourth-order valence-corrected chi connectivity index (χ4v) is 15.0. The van der Waals surface area contributed by atoms with Gasteiger partial charge in [0, 0.05) is 69.6 Å². The number of hydrogen-bond donors (Lipinski definition) is 25. The Morgan fingerprint density at radius 2 is 1.11 bits per heavy atom. The Labute approximate surface area is 721 Å². The van der Waals surface area contributed by atoms with Gasteiger partial charge in [-0.1, -0.05) is 84.3 Å². The summed E-state index contributed by atoms with van der Waals surface area (Å²) in [6.07, 6.45) is 3.40. The maximum Gasteiger partial charge on any atom is 0.305 e. The van der Waals surface area contributed by atoms with Crippen LogP contribution in [0.4, 0.5) is 0 Å². The van der Waals surface area contributed by atoms with Crippen LogP contribution < -0.4 is 115 Å². The minimum atomic E-state index is -1.99. The lowest BCUT2D eigenvalue weighted by Gasteiger charge is -2.29. The number of hydrogen-bond acceptors (Lipinski definition) is 26. The second-order valence-electron chi connectivity index (χ2n) is 28.2. The fraction of sp³-hybridized carbons (Fsp3) is 0.554. The SMILES string of the molecule is CC[C@H](C)[C@H]1NC(=O)[C@H](CCCN=C(N)N)NC(=O)[C@@H](CC(=O)O)NC(=O)[C@H](CCSC)NC(=O)[C@@H](CCCN=C(N)N)NC(=O)CCNC(=O)[C@@H](Cc2ccccc2)NC(=O)[C@H](Cc2c[nH]cn2)NC(=O)[C@@H](NC(=O)[C@@H](N)CCSC)CSSC[C@@H](C(=O)N[C@@H](Cc2ccc(O)cc2)C(=O)N[C@@H](CCCN=C(N)N)C(N)=O)NC(=O)[C@H](CO)NC1=O. The number of carbonyl (C=O) groups excluding carboxylic acids is 14. The number of carbonyl (C=O) groups is 15. The van der Waals surface area contributed by atoms with Crippen molar-refractivity contribution in [3.63, 3.8) is 0 Å². The third-order valence-electron chi connectivity index (χ3n) is 18.6. The highest BCUT2D eigenvalue weighted by Crippen LogP contribution is 2.25. The number of rotatable bonds is 36. The predicted octanol–water partition coefficient (Wildman–Crippen LogP) is -7.15. The first-order valence-electron chi connectivity index (χ1n) is 39.0. The van der Waals surface area contributed by atoms with Crippen molar-refractivity contribution < 1.29 is 87.2 Å². The van der Waals surface area contributed by atoms with Crippen LogP contribution in [0.2, 0.25) is 0 Å². The van der Waals surface area contributed by atoms with E-state index < -0.39 is 211 Å². The molecule has 14 amide bonds. The molecule has 122 heavy (non-hydrogen) atoms. The molecule has 0 bridgehead atoms. The number of aliphatic imine (C=N–C) groups is 3. The van der Waals surface area contributed by atoms with Gasteiger partial charge in [0.25, 0.3) is 0 Å². The number of imidazole rings is 1. The number of primary amides is 1. The largest absolute Gasteiger partial charge is 0.508 e. The van der Waals surface area contributed by atoms with Gasteiger partial charge >= 0.3 is 5.97 Å². The van der Waals surface area contributed by atoms with Gasteiger partial charge in [-0.05, 0) is 105 Å². The summed E-state index contributed by atoms with van der Waals surface area (Å²) in [7, 11) is 1.63. The molecule has 0 unspecified atom stereocenters. The summed E-state index contributed by atoms with van der Waals surface area (Å²) in [6.45, 7) is 1.38. The second-order valence-corrected chi connectivity index (χ2v) is 32.8. The molecule has 674 valence electrons. The van der Waals surface area contributed by atoms with E-state index in [2.05, 4.69) is 94.1 Å². The molecule has 0 radical (unpaired) electrons. The van der Waals surface area contributed by atoms with Crippen LogP contribution in [0.1, 0.15) is 101 Å². The third-order valence-corrected chi connectivity index (χ3v) is 22.3. The number of carboxylic acid groups (broad SMARTS) is 1. The average molecular weight is 1790 g/mol. The number of phenolic OH excluding ortho intramolecular Hbond substituents is 1. The standard InChI is InChI=1S/C74H116N26O18S4/c1-5-39(2)58-71(118)97-53(35-101)68(115)99-55(70(117)94-50(31-41-17-19-43(102)20-18-41)65(112)90-45(59(76)106)14-9-24-85-72(77)78)37-122-121-36-54(98-60(107)44(75)22-28-119-3)69(116)95-51(32-42-34-83-38-88-42)66(113)93-49(30-40-12-7-6-8-13-40)61(108)84-27-21-56(103)89-46(15-10-25-86-73(79)80)62(109)92-48(23-29-120-4)63(110)96-52(33-57(104)105)67(114)91-47(64(111)100-58)16-11-26-87-74(81)82/h6-8,12-13,17-20,34,38-39,44-55,58,101-102H,5,9-11,14-16,21-33,35-37,75H2,1-4H3,(H2,76,106)(H,83,88)(H,84,108)(H,89,103)(H,90,112)(H,91,114)(H,92,109)(H,93,113)(H,94,117)(H,95,116)(H,96,110)(H,97,118)(H,98,107)(H,99,115)(H,100,111)(H,104,105)(H4,77,78,85)(H4,79,80,86)(H4,81,82,87)/t39-,44-,45-,46+,47-,48-,49+,50-,51-,52+,53-,54-,55-,58+/m0/s1. The number of benzene rings is 2. The number of aliphatic hydroxyl groups excluding tert-OH is 1. The lowest BCUT2D eigenvalue weighted by Crippen LogP contribution is -2.62. The summed E-state index contributed by atoms with van der Waals surface area (Å²) in [4.78, 5) is 234. The predicted molar refractivity (Wildman–Crippen MR) is 462 cm³/mol. The normalized spacial score (nSPS) is 21.7. The van der Waals surface area contributed by atoms with E-state index in [0.29, 0.717) is 16.9 Å². The van der Waals surface area contributed by atoms with Crippen LogP contribution in [-0.4, -0.2) is 279 Å². The molecule has 1 aromatic heterocycles. The van der Waals surface area contributed by atoms with Crippen molar-refractivity contribution in [2.24, 2.45) is 66.8 Å². The van der Waals surface area contributed by atoms with Crippen LogP contribution in [-0.2, 0) is 91.2 Å². The molecule has 1 fully saturated rings. The van der Waals surface area contributed by atoms with E-state index in [1.165, 1.54) is 67.2 Å². The Morgan fingerprint density at radius 1 is 0.574 bits per heavy atom. The number of carboxylic acids is 1. The van der Waals surface area contributed by atoms with Gasteiger partial charge in [-0.3, -0.25) is 86.9 Å². The lowest BCUT2D eigenvalue weighted by atomic mass is 9.97. The topological polar surface area (TPSA) is 747 Å². The van der Waals surface area contributed by atoms with Gasteiger partial charge in [0.2, 0.25) is 82.7 Å². The average Bonchev–Trinajstić information content (AvgIpc) is 1.00. The van der Waals surface area contributed by atoms with E-state index in [0.717, 1.165) is 21.6 Å². The van der Waals surface area contributed by atoms with E-state index in [9.17, 15) is 77.6 Å². The maximum absolute atomic E-state index is 15.1. The number of aromatic amines is 1. The number of aliphatic hydroxyl groups is 1. The Balaban J connectivity index is 1.97. The fourth-order valence-electron chi connectivity index (χ4n) is 11.7. The van der Waals surface area contributed by atoms with Crippen molar-refractivity contribution in [3.05, 3.63) is 83.9 Å². The Morgan fingerprint density at radius 3 is 1.68 bits per heavy atom. The molecule has 4 rings (SSSR count). The molecule has 33 N–H and O–H groups in total.